The zero-order chi connectivity index (χ0) is 21.6. The van der Waals surface area contributed by atoms with Crippen LogP contribution < -0.4 is 5.32 Å². The molecule has 0 aliphatic carbocycles. The van der Waals surface area contributed by atoms with E-state index >= 15 is 0 Å². The van der Waals surface area contributed by atoms with Crippen LogP contribution in [0.3, 0.4) is 0 Å². The first-order valence-electron chi connectivity index (χ1n) is 11.7. The summed E-state index contributed by atoms with van der Waals surface area (Å²) in [6.07, 6.45) is 2.97. The van der Waals surface area contributed by atoms with Crippen LogP contribution in [0.2, 0.25) is 0 Å². The maximum Gasteiger partial charge on any atom is 0.410 e. The molecule has 1 unspecified atom stereocenters. The fourth-order valence-corrected chi connectivity index (χ4v) is 4.44. The van der Waals surface area contributed by atoms with Gasteiger partial charge in [-0.1, -0.05) is 0 Å². The second kappa shape index (κ2) is 10.7. The Balaban J connectivity index is 1.47. The molecule has 8 heteroatoms. The van der Waals surface area contributed by atoms with Gasteiger partial charge in [0.25, 0.3) is 0 Å². The molecule has 3 saturated heterocycles. The molecule has 0 spiro atoms. The second-order valence-corrected chi connectivity index (χ2v) is 9.64. The lowest BCUT2D eigenvalue weighted by Crippen LogP contribution is -2.47. The molecule has 1 atom stereocenters. The lowest BCUT2D eigenvalue weighted by atomic mass is 9.97. The third-order valence-corrected chi connectivity index (χ3v) is 6.13. The first kappa shape index (κ1) is 23.1. The number of nitrogens with one attached hydrogen (secondary N) is 1. The van der Waals surface area contributed by atoms with Crippen molar-refractivity contribution in [3.8, 4) is 0 Å². The van der Waals surface area contributed by atoms with E-state index in [2.05, 4.69) is 22.0 Å². The van der Waals surface area contributed by atoms with Crippen molar-refractivity contribution in [3.05, 3.63) is 0 Å². The van der Waals surface area contributed by atoms with Crippen LogP contribution in [0.1, 0.15) is 47.0 Å². The third kappa shape index (κ3) is 6.74. The van der Waals surface area contributed by atoms with Gasteiger partial charge >= 0.3 is 6.09 Å². The Morgan fingerprint density at radius 1 is 1.07 bits per heavy atom. The second-order valence-electron chi connectivity index (χ2n) is 9.64. The van der Waals surface area contributed by atoms with Crippen molar-refractivity contribution in [1.29, 1.82) is 0 Å². The standard InChI is InChI=1S/C22H41N5O3/c1-5-23-20(27-11-8-19(17-27)25-12-14-29-15-13-25)24-16-18-6-9-26(10-7-18)21(28)30-22(2,3)4/h18-19H,5-17H2,1-4H3,(H,23,24). The van der Waals surface area contributed by atoms with E-state index in [1.165, 1.54) is 6.42 Å². The molecule has 0 aromatic carbocycles. The fraction of sp³-hybridized carbons (Fsp3) is 0.909. The van der Waals surface area contributed by atoms with Crippen LogP contribution in [0.25, 0.3) is 0 Å². The van der Waals surface area contributed by atoms with E-state index in [1.54, 1.807) is 0 Å². The quantitative estimate of drug-likeness (QED) is 0.551. The minimum absolute atomic E-state index is 0.191. The normalized spacial score (nSPS) is 24.9. The number of carbonyl (C=O) groups is 1. The van der Waals surface area contributed by atoms with Crippen molar-refractivity contribution in [2.75, 3.05) is 65.6 Å². The molecule has 172 valence electrons. The van der Waals surface area contributed by atoms with Gasteiger partial charge in [-0.2, -0.15) is 0 Å². The molecule has 3 rings (SSSR count). The summed E-state index contributed by atoms with van der Waals surface area (Å²) >= 11 is 0. The Labute approximate surface area is 181 Å². The topological polar surface area (TPSA) is 69.6 Å². The molecular weight excluding hydrogens is 382 g/mol. The summed E-state index contributed by atoms with van der Waals surface area (Å²) in [6, 6.07) is 0.606. The average Bonchev–Trinajstić information content (AvgIpc) is 3.21. The SMILES string of the molecule is CCNC(=NCC1CCN(C(=O)OC(C)(C)C)CC1)N1CCC(N2CCOCC2)C1. The largest absolute Gasteiger partial charge is 0.444 e. The third-order valence-electron chi connectivity index (χ3n) is 6.13. The lowest BCUT2D eigenvalue weighted by molar-refractivity contribution is 0.0185. The van der Waals surface area contributed by atoms with Gasteiger partial charge in [0.1, 0.15) is 5.60 Å². The monoisotopic (exact) mass is 423 g/mol. The molecule has 0 aromatic rings. The van der Waals surface area contributed by atoms with Crippen molar-refractivity contribution in [2.45, 2.75) is 58.6 Å². The number of morpholine rings is 1. The van der Waals surface area contributed by atoms with Gasteiger partial charge < -0.3 is 24.6 Å². The highest BCUT2D eigenvalue weighted by molar-refractivity contribution is 5.80. The van der Waals surface area contributed by atoms with Crippen molar-refractivity contribution in [1.82, 2.24) is 20.0 Å². The maximum absolute atomic E-state index is 12.3. The summed E-state index contributed by atoms with van der Waals surface area (Å²) in [7, 11) is 0. The highest BCUT2D eigenvalue weighted by Crippen LogP contribution is 2.21. The molecular formula is C22H41N5O3. The summed E-state index contributed by atoms with van der Waals surface area (Å²) < 4.78 is 11.0. The Morgan fingerprint density at radius 3 is 2.37 bits per heavy atom. The molecule has 1 N–H and O–H groups in total. The molecule has 0 radical (unpaired) electrons. The van der Waals surface area contributed by atoms with Gasteiger partial charge in [0.15, 0.2) is 5.96 Å². The number of carbonyl (C=O) groups excluding carboxylic acids is 1. The van der Waals surface area contributed by atoms with Gasteiger partial charge in [0.2, 0.25) is 0 Å². The van der Waals surface area contributed by atoms with Crippen LogP contribution in [0.15, 0.2) is 4.99 Å². The smallest absolute Gasteiger partial charge is 0.410 e. The van der Waals surface area contributed by atoms with Gasteiger partial charge in [-0.15, -0.1) is 0 Å². The Bertz CT molecular complexity index is 578. The van der Waals surface area contributed by atoms with Gasteiger partial charge in [-0.25, -0.2) is 4.79 Å². The van der Waals surface area contributed by atoms with Crippen LogP contribution in [0.5, 0.6) is 0 Å². The van der Waals surface area contributed by atoms with Gasteiger partial charge in [-0.3, -0.25) is 9.89 Å². The Morgan fingerprint density at radius 2 is 1.73 bits per heavy atom. The van der Waals surface area contributed by atoms with E-state index in [-0.39, 0.29) is 6.09 Å². The summed E-state index contributed by atoms with van der Waals surface area (Å²) in [4.78, 5) is 24.1. The van der Waals surface area contributed by atoms with E-state index in [0.29, 0.717) is 12.0 Å². The number of likely N-dealkylation sites (tertiary alicyclic amines) is 2. The van der Waals surface area contributed by atoms with Crippen LogP contribution in [0.4, 0.5) is 4.79 Å². The minimum Gasteiger partial charge on any atom is -0.444 e. The Kier molecular flexibility index (Phi) is 8.22. The number of guanidine groups is 1. The number of ether oxygens (including phenoxy) is 2. The number of piperidine rings is 1. The lowest BCUT2D eigenvalue weighted by Gasteiger charge is -2.33. The van der Waals surface area contributed by atoms with Gasteiger partial charge in [-0.05, 0) is 52.9 Å². The highest BCUT2D eigenvalue weighted by atomic mass is 16.6. The van der Waals surface area contributed by atoms with Gasteiger partial charge in [0, 0.05) is 58.4 Å². The maximum atomic E-state index is 12.3. The van der Waals surface area contributed by atoms with Crippen LogP contribution in [-0.2, 0) is 9.47 Å². The van der Waals surface area contributed by atoms with E-state index in [1.807, 2.05) is 25.7 Å². The molecule has 0 saturated carbocycles. The van der Waals surface area contributed by atoms with Crippen molar-refractivity contribution in [3.63, 3.8) is 0 Å². The summed E-state index contributed by atoms with van der Waals surface area (Å²) in [5, 5.41) is 3.49. The predicted molar refractivity (Wildman–Crippen MR) is 119 cm³/mol. The zero-order valence-electron chi connectivity index (χ0n) is 19.4. The van der Waals surface area contributed by atoms with E-state index in [0.717, 1.165) is 84.4 Å². The van der Waals surface area contributed by atoms with E-state index in [4.69, 9.17) is 14.5 Å². The summed E-state index contributed by atoms with van der Waals surface area (Å²) in [5.41, 5.74) is -0.437. The molecule has 0 bridgehead atoms. The summed E-state index contributed by atoms with van der Waals surface area (Å²) in [5.74, 6) is 1.57. The fourth-order valence-electron chi connectivity index (χ4n) is 4.44. The molecule has 30 heavy (non-hydrogen) atoms. The zero-order valence-corrected chi connectivity index (χ0v) is 19.4. The molecule has 3 aliphatic heterocycles. The molecule has 1 amide bonds. The highest BCUT2D eigenvalue weighted by Gasteiger charge is 2.31. The predicted octanol–water partition coefficient (Wildman–Crippen LogP) is 2.01. The molecule has 8 nitrogen and oxygen atoms in total. The molecule has 3 fully saturated rings. The number of rotatable bonds is 4. The van der Waals surface area contributed by atoms with E-state index < -0.39 is 5.60 Å². The van der Waals surface area contributed by atoms with Gasteiger partial charge in [0.05, 0.1) is 13.2 Å². The first-order chi connectivity index (χ1) is 14.4. The average molecular weight is 424 g/mol. The number of hydrogen-bond donors (Lipinski definition) is 1. The molecule has 0 aromatic heterocycles. The van der Waals surface area contributed by atoms with Crippen molar-refractivity contribution in [2.24, 2.45) is 10.9 Å². The number of amides is 1. The van der Waals surface area contributed by atoms with Crippen LogP contribution >= 0.6 is 0 Å². The molecule has 3 heterocycles. The van der Waals surface area contributed by atoms with Crippen molar-refractivity contribution >= 4 is 12.1 Å². The minimum atomic E-state index is -0.437. The van der Waals surface area contributed by atoms with E-state index in [9.17, 15) is 4.79 Å². The number of hydrogen-bond acceptors (Lipinski definition) is 5. The number of nitrogens with zero attached hydrogens (tertiary/aromatic N) is 4. The van der Waals surface area contributed by atoms with Crippen molar-refractivity contribution < 1.29 is 14.3 Å². The molecule has 3 aliphatic rings. The van der Waals surface area contributed by atoms with Crippen LogP contribution in [-0.4, -0.2) is 104 Å². The first-order valence-corrected chi connectivity index (χ1v) is 11.7. The Hall–Kier alpha value is -1.54. The van der Waals surface area contributed by atoms with Crippen LogP contribution in [0, 0.1) is 5.92 Å². The number of aliphatic imine (C=N–C) groups is 1. The summed E-state index contributed by atoms with van der Waals surface area (Å²) in [6.45, 7) is 17.0.